The number of fused-ring (bicyclic) bond motifs is 1. The highest BCUT2D eigenvalue weighted by molar-refractivity contribution is 6.05. The van der Waals surface area contributed by atoms with Crippen molar-refractivity contribution in [3.63, 3.8) is 0 Å². The van der Waals surface area contributed by atoms with Crippen LogP contribution < -0.4 is 14.8 Å². The van der Waals surface area contributed by atoms with Crippen LogP contribution in [0.25, 0.3) is 16.8 Å². The molecule has 0 bridgehead atoms. The first kappa shape index (κ1) is 19.4. The fraction of sp³-hybridized carbons (Fsp3) is 0.174. The molecule has 0 aliphatic rings. The van der Waals surface area contributed by atoms with Gasteiger partial charge in [0.1, 0.15) is 11.5 Å². The lowest BCUT2D eigenvalue weighted by Crippen LogP contribution is -2.16. The second-order valence-electron chi connectivity index (χ2n) is 6.84. The number of ether oxygens (including phenoxy) is 2. The van der Waals surface area contributed by atoms with E-state index in [0.29, 0.717) is 28.4 Å². The number of anilines is 1. The summed E-state index contributed by atoms with van der Waals surface area (Å²) in [5.74, 6) is 0.861. The zero-order valence-corrected chi connectivity index (χ0v) is 17.3. The highest BCUT2D eigenvalue weighted by Crippen LogP contribution is 2.31. The average Bonchev–Trinajstić information content (AvgIpc) is 3.11. The third-order valence-electron chi connectivity index (χ3n) is 5.02. The van der Waals surface area contributed by atoms with Crippen molar-refractivity contribution < 1.29 is 14.3 Å². The molecule has 7 heteroatoms. The summed E-state index contributed by atoms with van der Waals surface area (Å²) in [4.78, 5) is 17.5. The highest BCUT2D eigenvalue weighted by atomic mass is 16.5. The van der Waals surface area contributed by atoms with Crippen LogP contribution in [0.3, 0.4) is 0 Å². The van der Waals surface area contributed by atoms with Crippen molar-refractivity contribution in [2.45, 2.75) is 13.8 Å². The highest BCUT2D eigenvalue weighted by Gasteiger charge is 2.19. The van der Waals surface area contributed by atoms with Crippen LogP contribution in [0.2, 0.25) is 0 Å². The van der Waals surface area contributed by atoms with Crippen molar-refractivity contribution in [3.8, 4) is 22.6 Å². The van der Waals surface area contributed by atoms with Crippen LogP contribution in [0.1, 0.15) is 21.7 Å². The zero-order valence-electron chi connectivity index (χ0n) is 17.3. The standard InChI is InChI=1S/C23H22N4O3/c1-14-21(16-8-6-5-7-9-16)22-24-13-18(15(2)27(22)26-14)23(28)25-19-11-10-17(29-3)12-20(19)30-4/h5-13H,1-4H3,(H,25,28). The van der Waals surface area contributed by atoms with E-state index < -0.39 is 0 Å². The van der Waals surface area contributed by atoms with E-state index in [9.17, 15) is 4.79 Å². The van der Waals surface area contributed by atoms with Gasteiger partial charge in [-0.3, -0.25) is 4.79 Å². The monoisotopic (exact) mass is 402 g/mol. The molecule has 0 unspecified atom stereocenters. The normalized spacial score (nSPS) is 10.8. The molecule has 0 atom stereocenters. The second kappa shape index (κ2) is 7.87. The number of amides is 1. The molecular weight excluding hydrogens is 380 g/mol. The van der Waals surface area contributed by atoms with Crippen LogP contribution in [0.15, 0.2) is 54.7 Å². The first-order valence-electron chi connectivity index (χ1n) is 9.47. The number of nitrogens with one attached hydrogen (secondary N) is 1. The van der Waals surface area contributed by atoms with Gasteiger partial charge in [0, 0.05) is 17.8 Å². The summed E-state index contributed by atoms with van der Waals surface area (Å²) in [7, 11) is 3.12. The molecule has 1 amide bonds. The van der Waals surface area contributed by atoms with Crippen LogP contribution in [-0.2, 0) is 0 Å². The molecule has 2 aromatic carbocycles. The van der Waals surface area contributed by atoms with Crippen LogP contribution in [0.4, 0.5) is 5.69 Å². The number of carbonyl (C=O) groups is 1. The molecule has 2 heterocycles. The van der Waals surface area contributed by atoms with Crippen molar-refractivity contribution in [1.82, 2.24) is 14.6 Å². The number of rotatable bonds is 5. The number of methoxy groups -OCH3 is 2. The third kappa shape index (κ3) is 3.34. The lowest BCUT2D eigenvalue weighted by molar-refractivity contribution is 0.102. The van der Waals surface area contributed by atoms with Gasteiger partial charge in [0.2, 0.25) is 0 Å². The van der Waals surface area contributed by atoms with Crippen molar-refractivity contribution in [2.24, 2.45) is 0 Å². The molecule has 4 aromatic rings. The van der Waals surface area contributed by atoms with E-state index in [1.807, 2.05) is 44.2 Å². The van der Waals surface area contributed by atoms with Crippen LogP contribution in [-0.4, -0.2) is 34.7 Å². The number of carbonyl (C=O) groups excluding carboxylic acids is 1. The summed E-state index contributed by atoms with van der Waals surface area (Å²) in [5, 5.41) is 7.52. The molecular formula is C23H22N4O3. The molecule has 2 aromatic heterocycles. The van der Waals surface area contributed by atoms with Crippen molar-refractivity contribution in [3.05, 3.63) is 71.7 Å². The molecule has 0 fully saturated rings. The summed E-state index contributed by atoms with van der Waals surface area (Å²) < 4.78 is 12.3. The topological polar surface area (TPSA) is 77.8 Å². The van der Waals surface area contributed by atoms with Gasteiger partial charge in [0.15, 0.2) is 5.65 Å². The Labute approximate surface area is 174 Å². The number of aromatic nitrogens is 3. The van der Waals surface area contributed by atoms with Gasteiger partial charge < -0.3 is 14.8 Å². The number of benzene rings is 2. The molecule has 7 nitrogen and oxygen atoms in total. The molecule has 152 valence electrons. The first-order valence-corrected chi connectivity index (χ1v) is 9.47. The maximum absolute atomic E-state index is 13.0. The smallest absolute Gasteiger partial charge is 0.259 e. The van der Waals surface area contributed by atoms with Gasteiger partial charge in [-0.25, -0.2) is 9.50 Å². The summed E-state index contributed by atoms with van der Waals surface area (Å²) >= 11 is 0. The Bertz CT molecular complexity index is 1230. The maximum atomic E-state index is 13.0. The SMILES string of the molecule is COc1ccc(NC(=O)c2cnc3c(-c4ccccc4)c(C)nn3c2C)c(OC)c1. The summed E-state index contributed by atoms with van der Waals surface area (Å²) in [6, 6.07) is 15.2. The lowest BCUT2D eigenvalue weighted by atomic mass is 10.1. The molecule has 0 spiro atoms. The van der Waals surface area contributed by atoms with Gasteiger partial charge in [-0.05, 0) is 31.5 Å². The number of nitrogens with zero attached hydrogens (tertiary/aromatic N) is 3. The van der Waals surface area contributed by atoms with E-state index in [-0.39, 0.29) is 5.91 Å². The minimum absolute atomic E-state index is 0.292. The molecule has 1 N–H and O–H groups in total. The van der Waals surface area contributed by atoms with Gasteiger partial charge in [0.05, 0.1) is 36.9 Å². The Balaban J connectivity index is 1.72. The van der Waals surface area contributed by atoms with Crippen molar-refractivity contribution in [1.29, 1.82) is 0 Å². The predicted octanol–water partition coefficient (Wildman–Crippen LogP) is 4.28. The lowest BCUT2D eigenvalue weighted by Gasteiger charge is -2.13. The minimum Gasteiger partial charge on any atom is -0.497 e. The van der Waals surface area contributed by atoms with Gasteiger partial charge >= 0.3 is 0 Å². The summed E-state index contributed by atoms with van der Waals surface area (Å²) in [6.07, 6.45) is 1.59. The van der Waals surface area contributed by atoms with E-state index in [1.165, 1.54) is 0 Å². The van der Waals surface area contributed by atoms with Gasteiger partial charge in [-0.2, -0.15) is 5.10 Å². The Morgan fingerprint density at radius 3 is 2.50 bits per heavy atom. The summed E-state index contributed by atoms with van der Waals surface area (Å²) in [6.45, 7) is 3.80. The molecule has 0 saturated heterocycles. The number of hydrogen-bond acceptors (Lipinski definition) is 5. The summed E-state index contributed by atoms with van der Waals surface area (Å²) in [5.41, 5.74) is 5.25. The molecule has 0 aliphatic heterocycles. The molecule has 0 saturated carbocycles. The number of aryl methyl sites for hydroxylation is 2. The van der Waals surface area contributed by atoms with E-state index in [2.05, 4.69) is 15.4 Å². The molecule has 0 aliphatic carbocycles. The minimum atomic E-state index is -0.292. The van der Waals surface area contributed by atoms with Crippen molar-refractivity contribution >= 4 is 17.2 Å². The van der Waals surface area contributed by atoms with Gasteiger partial charge in [-0.15, -0.1) is 0 Å². The third-order valence-corrected chi connectivity index (χ3v) is 5.02. The average molecular weight is 402 g/mol. The van der Waals surface area contributed by atoms with Crippen LogP contribution >= 0.6 is 0 Å². The van der Waals surface area contributed by atoms with Gasteiger partial charge in [0.25, 0.3) is 5.91 Å². The van der Waals surface area contributed by atoms with Crippen LogP contribution in [0.5, 0.6) is 11.5 Å². The fourth-order valence-corrected chi connectivity index (χ4v) is 3.46. The second-order valence-corrected chi connectivity index (χ2v) is 6.84. The Morgan fingerprint density at radius 2 is 1.80 bits per heavy atom. The predicted molar refractivity (Wildman–Crippen MR) is 115 cm³/mol. The Kier molecular flexibility index (Phi) is 5.10. The largest absolute Gasteiger partial charge is 0.497 e. The fourth-order valence-electron chi connectivity index (χ4n) is 3.46. The molecule has 4 rings (SSSR count). The van der Waals surface area contributed by atoms with E-state index >= 15 is 0 Å². The van der Waals surface area contributed by atoms with Crippen molar-refractivity contribution in [2.75, 3.05) is 19.5 Å². The Morgan fingerprint density at radius 1 is 1.03 bits per heavy atom. The van der Waals surface area contributed by atoms with E-state index in [1.54, 1.807) is 43.1 Å². The zero-order chi connectivity index (χ0) is 21.3. The van der Waals surface area contributed by atoms with E-state index in [4.69, 9.17) is 9.47 Å². The molecule has 0 radical (unpaired) electrons. The van der Waals surface area contributed by atoms with Crippen LogP contribution in [0, 0.1) is 13.8 Å². The molecule has 30 heavy (non-hydrogen) atoms. The Hall–Kier alpha value is -3.87. The van der Waals surface area contributed by atoms with Gasteiger partial charge in [-0.1, -0.05) is 30.3 Å². The maximum Gasteiger partial charge on any atom is 0.259 e. The quantitative estimate of drug-likeness (QED) is 0.539. The van der Waals surface area contributed by atoms with E-state index in [0.717, 1.165) is 22.5 Å². The number of hydrogen-bond donors (Lipinski definition) is 1. The first-order chi connectivity index (χ1) is 14.5.